The minimum absolute atomic E-state index is 0.0288. The summed E-state index contributed by atoms with van der Waals surface area (Å²) in [5.41, 5.74) is 1.62. The van der Waals surface area contributed by atoms with Crippen LogP contribution in [0.3, 0.4) is 0 Å². The highest BCUT2D eigenvalue weighted by atomic mass is 16.5. The third kappa shape index (κ3) is 1.69. The summed E-state index contributed by atoms with van der Waals surface area (Å²) in [4.78, 5) is 26.3. The first-order valence-electron chi connectivity index (χ1n) is 5.65. The number of aromatic nitrogens is 2. The molecule has 0 spiro atoms. The van der Waals surface area contributed by atoms with E-state index in [4.69, 9.17) is 9.84 Å². The Morgan fingerprint density at radius 2 is 2.21 bits per heavy atom. The third-order valence-electron chi connectivity index (χ3n) is 3.06. The quantitative estimate of drug-likeness (QED) is 0.828. The molecule has 3 rings (SSSR count). The number of carbonyl (C=O) groups is 2. The lowest BCUT2D eigenvalue weighted by molar-refractivity contribution is 0.0687. The molecule has 2 aromatic rings. The summed E-state index contributed by atoms with van der Waals surface area (Å²) < 4.78 is 7.15. The average Bonchev–Trinajstić information content (AvgIpc) is 2.82. The molecule has 0 bridgehead atoms. The minimum Gasteiger partial charge on any atom is -0.485 e. The summed E-state index contributed by atoms with van der Waals surface area (Å²) in [6.45, 7) is 1.62. The molecule has 1 aliphatic heterocycles. The molecule has 0 aliphatic carbocycles. The summed E-state index contributed by atoms with van der Waals surface area (Å²) in [6.07, 6.45) is 1.43. The fraction of sp³-hybridized carbons (Fsp3) is 0.154. The van der Waals surface area contributed by atoms with Gasteiger partial charge in [-0.1, -0.05) is 0 Å². The second-order valence-electron chi connectivity index (χ2n) is 4.24. The number of carboxylic acid groups (broad SMARTS) is 1. The van der Waals surface area contributed by atoms with Gasteiger partial charge in [-0.2, -0.15) is 0 Å². The molecule has 6 heteroatoms. The standard InChI is InChI=1S/C13H10N2O4/c1-7(16)8-2-3-11-9(4-8)15-6-14-12(13(17)18)10(15)5-19-11/h2-4,6H,5H2,1H3,(H,17,18). The molecule has 96 valence electrons. The highest BCUT2D eigenvalue weighted by Gasteiger charge is 2.24. The van der Waals surface area contributed by atoms with Crippen molar-refractivity contribution >= 4 is 11.8 Å². The van der Waals surface area contributed by atoms with E-state index in [-0.39, 0.29) is 18.1 Å². The Labute approximate surface area is 108 Å². The van der Waals surface area contributed by atoms with Gasteiger partial charge in [0, 0.05) is 5.56 Å². The van der Waals surface area contributed by atoms with E-state index in [2.05, 4.69) is 4.98 Å². The zero-order valence-electron chi connectivity index (χ0n) is 10.1. The molecule has 1 N–H and O–H groups in total. The van der Waals surface area contributed by atoms with Gasteiger partial charge in [-0.3, -0.25) is 9.36 Å². The van der Waals surface area contributed by atoms with Crippen molar-refractivity contribution in [3.63, 3.8) is 0 Å². The van der Waals surface area contributed by atoms with Crippen LogP contribution in [0.4, 0.5) is 0 Å². The minimum atomic E-state index is -1.09. The Hall–Kier alpha value is -2.63. The SMILES string of the molecule is CC(=O)c1ccc2c(c1)-n1cnc(C(=O)O)c1CO2. The Balaban J connectivity index is 2.20. The Bertz CT molecular complexity index is 703. The first-order chi connectivity index (χ1) is 9.08. The van der Waals surface area contributed by atoms with Gasteiger partial charge in [0.05, 0.1) is 11.4 Å². The summed E-state index contributed by atoms with van der Waals surface area (Å²) in [5, 5.41) is 9.04. The van der Waals surface area contributed by atoms with E-state index < -0.39 is 5.97 Å². The number of benzene rings is 1. The molecule has 0 fully saturated rings. The van der Waals surface area contributed by atoms with Crippen molar-refractivity contribution in [2.75, 3.05) is 0 Å². The number of ketones is 1. The lowest BCUT2D eigenvalue weighted by atomic mass is 10.1. The highest BCUT2D eigenvalue weighted by Crippen LogP contribution is 2.31. The monoisotopic (exact) mass is 258 g/mol. The highest BCUT2D eigenvalue weighted by molar-refractivity contribution is 5.95. The number of hydrogen-bond acceptors (Lipinski definition) is 4. The largest absolute Gasteiger partial charge is 0.485 e. The smallest absolute Gasteiger partial charge is 0.356 e. The van der Waals surface area contributed by atoms with E-state index in [0.29, 0.717) is 22.7 Å². The average molecular weight is 258 g/mol. The van der Waals surface area contributed by atoms with E-state index >= 15 is 0 Å². The fourth-order valence-corrected chi connectivity index (χ4v) is 2.09. The van der Waals surface area contributed by atoms with Gasteiger partial charge in [-0.15, -0.1) is 0 Å². The van der Waals surface area contributed by atoms with Gasteiger partial charge in [0.15, 0.2) is 11.5 Å². The summed E-state index contributed by atoms with van der Waals surface area (Å²) >= 11 is 0. The van der Waals surface area contributed by atoms with Crippen molar-refractivity contribution in [3.8, 4) is 11.4 Å². The first-order valence-corrected chi connectivity index (χ1v) is 5.65. The Morgan fingerprint density at radius 1 is 1.42 bits per heavy atom. The molecule has 0 saturated carbocycles. The summed E-state index contributed by atoms with van der Waals surface area (Å²) in [7, 11) is 0. The van der Waals surface area contributed by atoms with Gasteiger partial charge in [-0.25, -0.2) is 9.78 Å². The molecule has 2 heterocycles. The maximum Gasteiger partial charge on any atom is 0.356 e. The number of Topliss-reactive ketones (excluding diaryl/α,β-unsaturated/α-hetero) is 1. The van der Waals surface area contributed by atoms with Gasteiger partial charge in [0.25, 0.3) is 0 Å². The molecule has 1 aliphatic rings. The molecule has 0 saturated heterocycles. The number of carbonyl (C=O) groups excluding carboxylic acids is 1. The second kappa shape index (κ2) is 3.94. The zero-order chi connectivity index (χ0) is 13.6. The fourth-order valence-electron chi connectivity index (χ4n) is 2.09. The maximum atomic E-state index is 11.4. The molecule has 0 radical (unpaired) electrons. The maximum absolute atomic E-state index is 11.4. The van der Waals surface area contributed by atoms with Crippen LogP contribution in [0.1, 0.15) is 33.5 Å². The number of ether oxygens (including phenoxy) is 1. The molecule has 0 amide bonds. The topological polar surface area (TPSA) is 81.4 Å². The van der Waals surface area contributed by atoms with E-state index in [1.54, 1.807) is 22.8 Å². The van der Waals surface area contributed by atoms with E-state index in [1.807, 2.05) is 0 Å². The van der Waals surface area contributed by atoms with Crippen molar-refractivity contribution in [2.24, 2.45) is 0 Å². The van der Waals surface area contributed by atoms with Crippen LogP contribution in [0, 0.1) is 0 Å². The number of rotatable bonds is 2. The van der Waals surface area contributed by atoms with Crippen LogP contribution in [0.2, 0.25) is 0 Å². The molecule has 1 aromatic carbocycles. The molecule has 1 aromatic heterocycles. The molecular weight excluding hydrogens is 248 g/mol. The van der Waals surface area contributed by atoms with Gasteiger partial charge < -0.3 is 9.84 Å². The molecule has 19 heavy (non-hydrogen) atoms. The van der Waals surface area contributed by atoms with Crippen molar-refractivity contribution in [1.82, 2.24) is 9.55 Å². The Kier molecular flexibility index (Phi) is 2.38. The first kappa shape index (κ1) is 11.5. The van der Waals surface area contributed by atoms with Crippen LogP contribution in [0.25, 0.3) is 5.69 Å². The molecular formula is C13H10N2O4. The van der Waals surface area contributed by atoms with Crippen molar-refractivity contribution < 1.29 is 19.4 Å². The Morgan fingerprint density at radius 3 is 2.89 bits per heavy atom. The summed E-state index contributed by atoms with van der Waals surface area (Å²) in [5.74, 6) is -0.552. The van der Waals surface area contributed by atoms with Crippen molar-refractivity contribution in [3.05, 3.63) is 41.5 Å². The number of imidazole rings is 1. The third-order valence-corrected chi connectivity index (χ3v) is 3.06. The van der Waals surface area contributed by atoms with E-state index in [1.165, 1.54) is 13.3 Å². The zero-order valence-corrected chi connectivity index (χ0v) is 10.1. The van der Waals surface area contributed by atoms with Crippen LogP contribution in [0.5, 0.6) is 5.75 Å². The number of nitrogens with zero attached hydrogens (tertiary/aromatic N) is 2. The number of carboxylic acids is 1. The van der Waals surface area contributed by atoms with Crippen molar-refractivity contribution in [2.45, 2.75) is 13.5 Å². The lowest BCUT2D eigenvalue weighted by Crippen LogP contribution is -2.15. The van der Waals surface area contributed by atoms with Gasteiger partial charge >= 0.3 is 5.97 Å². The second-order valence-corrected chi connectivity index (χ2v) is 4.24. The van der Waals surface area contributed by atoms with Crippen LogP contribution in [-0.4, -0.2) is 26.4 Å². The van der Waals surface area contributed by atoms with E-state index in [9.17, 15) is 9.59 Å². The van der Waals surface area contributed by atoms with Gasteiger partial charge in [-0.05, 0) is 25.1 Å². The number of hydrogen-bond donors (Lipinski definition) is 1. The summed E-state index contributed by atoms with van der Waals surface area (Å²) in [6, 6.07) is 5.06. The molecule has 0 unspecified atom stereocenters. The lowest BCUT2D eigenvalue weighted by Gasteiger charge is -2.20. The predicted octanol–water partition coefficient (Wildman–Crippen LogP) is 1.67. The van der Waals surface area contributed by atoms with Crippen molar-refractivity contribution in [1.29, 1.82) is 0 Å². The number of aromatic carboxylic acids is 1. The molecule has 0 atom stereocenters. The van der Waals surface area contributed by atoms with Crippen LogP contribution < -0.4 is 4.74 Å². The van der Waals surface area contributed by atoms with E-state index in [0.717, 1.165) is 0 Å². The van der Waals surface area contributed by atoms with Crippen LogP contribution in [0.15, 0.2) is 24.5 Å². The normalized spacial score (nSPS) is 12.3. The van der Waals surface area contributed by atoms with Gasteiger partial charge in [0.2, 0.25) is 0 Å². The predicted molar refractivity (Wildman–Crippen MR) is 64.9 cm³/mol. The van der Waals surface area contributed by atoms with Crippen LogP contribution in [-0.2, 0) is 6.61 Å². The van der Waals surface area contributed by atoms with Crippen LogP contribution >= 0.6 is 0 Å². The number of fused-ring (bicyclic) bond motifs is 3. The van der Waals surface area contributed by atoms with Gasteiger partial charge in [0.1, 0.15) is 18.7 Å². The molecule has 6 nitrogen and oxygen atoms in total.